The Bertz CT molecular complexity index is 939. The van der Waals surface area contributed by atoms with E-state index >= 15 is 0 Å². The van der Waals surface area contributed by atoms with Crippen molar-refractivity contribution < 1.29 is 24.2 Å². The number of rotatable bonds is 7. The Morgan fingerprint density at radius 2 is 1.83 bits per heavy atom. The van der Waals surface area contributed by atoms with Crippen LogP contribution in [0, 0.1) is 17.3 Å². The van der Waals surface area contributed by atoms with Crippen LogP contribution in [0.15, 0.2) is 24.3 Å². The van der Waals surface area contributed by atoms with E-state index in [1.54, 1.807) is 16.7 Å². The van der Waals surface area contributed by atoms with E-state index in [2.05, 4.69) is 40.7 Å². The smallest absolute Gasteiger partial charge is 0.311 e. The van der Waals surface area contributed by atoms with Gasteiger partial charge in [-0.1, -0.05) is 45.1 Å². The summed E-state index contributed by atoms with van der Waals surface area (Å²) in [6.07, 6.45) is 11.8. The normalized spacial score (nSPS) is 32.6. The number of aliphatic hydroxyl groups is 1. The number of aliphatic hydroxyl groups excluding tert-OH is 1. The number of nitrogens with zero attached hydrogens (tertiary/aromatic N) is 2. The average Bonchev–Trinajstić information content (AvgIpc) is 3.13. The van der Waals surface area contributed by atoms with Crippen LogP contribution < -0.4 is 0 Å². The molecule has 1 N–H and O–H groups in total. The number of fused-ring (bicyclic) bond motifs is 2. The number of carbonyl (C=O) groups excluding carboxylic acids is 3. The van der Waals surface area contributed by atoms with Crippen LogP contribution in [0.4, 0.5) is 0 Å². The number of amides is 2. The lowest BCUT2D eigenvalue weighted by Gasteiger charge is -2.44. The standard InChI is InChI=1S/C28H42N2O5S/c1-26(2,3)18-27(4,5)30-15-11-13-28-21(20-19(36-28)12-7-10-17-35-25(20)34)23(32)29(22(28)24(30)33)14-8-6-9-16-31/h7,11-13,19-22,31H,6,8-10,14-18H2,1-5H3/t19-,20+,21+,22?,28+/m1/s1. The van der Waals surface area contributed by atoms with Crippen molar-refractivity contribution in [1.82, 2.24) is 9.80 Å². The second kappa shape index (κ2) is 10.2. The van der Waals surface area contributed by atoms with Gasteiger partial charge in [0.05, 0.1) is 23.2 Å². The Labute approximate surface area is 219 Å². The van der Waals surface area contributed by atoms with Gasteiger partial charge in [-0.25, -0.2) is 0 Å². The molecule has 0 aromatic rings. The Kier molecular flexibility index (Phi) is 7.69. The number of thioether (sulfide) groups is 1. The number of likely N-dealkylation sites (tertiary alicyclic amines) is 1. The average molecular weight is 519 g/mol. The van der Waals surface area contributed by atoms with E-state index in [4.69, 9.17) is 4.74 Å². The number of carbonyl (C=O) groups is 3. The zero-order chi connectivity index (χ0) is 26.3. The Hall–Kier alpha value is -1.80. The van der Waals surface area contributed by atoms with Gasteiger partial charge in [0.2, 0.25) is 11.8 Å². The molecule has 0 saturated carbocycles. The third kappa shape index (κ3) is 4.87. The van der Waals surface area contributed by atoms with E-state index in [1.807, 2.05) is 23.1 Å². The molecule has 8 heteroatoms. The first kappa shape index (κ1) is 27.2. The highest BCUT2D eigenvalue weighted by atomic mass is 32.2. The molecule has 4 rings (SSSR count). The number of ether oxygens (including phenoxy) is 1. The Morgan fingerprint density at radius 3 is 2.53 bits per heavy atom. The summed E-state index contributed by atoms with van der Waals surface area (Å²) in [7, 11) is 0. The maximum Gasteiger partial charge on any atom is 0.311 e. The van der Waals surface area contributed by atoms with E-state index in [0.717, 1.165) is 12.8 Å². The molecule has 2 fully saturated rings. The third-order valence-corrected chi connectivity index (χ3v) is 9.62. The predicted octanol–water partition coefficient (Wildman–Crippen LogP) is 3.56. The van der Waals surface area contributed by atoms with E-state index in [-0.39, 0.29) is 35.1 Å². The number of hydrogen-bond acceptors (Lipinski definition) is 6. The fourth-order valence-corrected chi connectivity index (χ4v) is 8.86. The summed E-state index contributed by atoms with van der Waals surface area (Å²) >= 11 is 1.59. The molecule has 0 radical (unpaired) electrons. The second-order valence-corrected chi connectivity index (χ2v) is 13.9. The van der Waals surface area contributed by atoms with Crippen molar-refractivity contribution in [2.45, 2.75) is 88.3 Å². The molecular weight excluding hydrogens is 476 g/mol. The second-order valence-electron chi connectivity index (χ2n) is 12.4. The highest BCUT2D eigenvalue weighted by molar-refractivity contribution is 8.02. The van der Waals surface area contributed by atoms with Gasteiger partial charge in [0.15, 0.2) is 0 Å². The molecule has 0 bridgehead atoms. The summed E-state index contributed by atoms with van der Waals surface area (Å²) in [5.41, 5.74) is -0.379. The maximum absolute atomic E-state index is 14.5. The van der Waals surface area contributed by atoms with E-state index in [1.165, 1.54) is 0 Å². The fourth-order valence-electron chi connectivity index (χ4n) is 6.86. The predicted molar refractivity (Wildman–Crippen MR) is 141 cm³/mol. The van der Waals surface area contributed by atoms with Gasteiger partial charge in [0.25, 0.3) is 0 Å². The van der Waals surface area contributed by atoms with Gasteiger partial charge in [0.1, 0.15) is 6.04 Å². The molecule has 5 atom stereocenters. The molecular formula is C28H42N2O5S. The summed E-state index contributed by atoms with van der Waals surface area (Å²) in [6, 6.07) is -0.665. The SMILES string of the molecule is CC(C)(C)CC(C)(C)N1CC=C[C@]23S[C@@H]4C=CCCOC(=O)[C@@H]4[C@H]2C(=O)N(CCCCCO)C3C1=O. The number of unbranched alkanes of at least 4 members (excludes halogenated alkanes) is 2. The van der Waals surface area contributed by atoms with Crippen LogP contribution in [0.5, 0.6) is 0 Å². The van der Waals surface area contributed by atoms with Crippen LogP contribution in [0.25, 0.3) is 0 Å². The van der Waals surface area contributed by atoms with Crippen LogP contribution in [0.3, 0.4) is 0 Å². The van der Waals surface area contributed by atoms with Gasteiger partial charge in [-0.2, -0.15) is 0 Å². The summed E-state index contributed by atoms with van der Waals surface area (Å²) in [5, 5.41) is 9.02. The monoisotopic (exact) mass is 518 g/mol. The molecule has 200 valence electrons. The molecule has 4 aliphatic heterocycles. The summed E-state index contributed by atoms with van der Waals surface area (Å²) in [6.45, 7) is 12.1. The summed E-state index contributed by atoms with van der Waals surface area (Å²) in [4.78, 5) is 45.4. The van der Waals surface area contributed by atoms with E-state index < -0.39 is 28.2 Å². The summed E-state index contributed by atoms with van der Waals surface area (Å²) in [5.74, 6) is -1.72. The molecule has 0 aromatic heterocycles. The fraction of sp³-hybridized carbons (Fsp3) is 0.750. The van der Waals surface area contributed by atoms with Crippen LogP contribution in [-0.4, -0.2) is 80.6 Å². The van der Waals surface area contributed by atoms with Crippen molar-refractivity contribution >= 4 is 29.5 Å². The quantitative estimate of drug-likeness (QED) is 0.315. The van der Waals surface area contributed by atoms with Crippen molar-refractivity contribution in [2.24, 2.45) is 17.3 Å². The lowest BCUT2D eigenvalue weighted by Crippen LogP contribution is -2.58. The van der Waals surface area contributed by atoms with Crippen molar-refractivity contribution in [1.29, 1.82) is 0 Å². The maximum atomic E-state index is 14.5. The van der Waals surface area contributed by atoms with Crippen LogP contribution >= 0.6 is 11.8 Å². The minimum absolute atomic E-state index is 0.0254. The van der Waals surface area contributed by atoms with Crippen molar-refractivity contribution in [3.8, 4) is 0 Å². The molecule has 36 heavy (non-hydrogen) atoms. The van der Waals surface area contributed by atoms with Crippen LogP contribution in [0.1, 0.15) is 66.7 Å². The van der Waals surface area contributed by atoms with E-state index in [9.17, 15) is 19.5 Å². The molecule has 2 saturated heterocycles. The minimum Gasteiger partial charge on any atom is -0.465 e. The molecule has 0 aromatic carbocycles. The zero-order valence-electron chi connectivity index (χ0n) is 22.4. The largest absolute Gasteiger partial charge is 0.465 e. The molecule has 4 heterocycles. The van der Waals surface area contributed by atoms with Crippen molar-refractivity contribution in [3.05, 3.63) is 24.3 Å². The van der Waals surface area contributed by atoms with Gasteiger partial charge >= 0.3 is 5.97 Å². The van der Waals surface area contributed by atoms with Gasteiger partial charge < -0.3 is 19.6 Å². The Balaban J connectivity index is 1.76. The minimum atomic E-state index is -0.805. The van der Waals surface area contributed by atoms with E-state index in [0.29, 0.717) is 39.0 Å². The third-order valence-electron chi connectivity index (χ3n) is 7.87. The molecule has 0 aliphatic carbocycles. The zero-order valence-corrected chi connectivity index (χ0v) is 23.2. The molecule has 1 spiro atoms. The van der Waals surface area contributed by atoms with Gasteiger partial charge in [-0.15, -0.1) is 11.8 Å². The topological polar surface area (TPSA) is 87.2 Å². The lowest BCUT2D eigenvalue weighted by molar-refractivity contribution is -0.153. The van der Waals surface area contributed by atoms with Gasteiger partial charge in [0, 0.05) is 30.5 Å². The first-order valence-corrected chi connectivity index (χ1v) is 14.2. The number of esters is 1. The summed E-state index contributed by atoms with van der Waals surface area (Å²) < 4.78 is 4.74. The van der Waals surface area contributed by atoms with Crippen LogP contribution in [0.2, 0.25) is 0 Å². The molecule has 2 amide bonds. The highest BCUT2D eigenvalue weighted by Gasteiger charge is 2.71. The molecule has 7 nitrogen and oxygen atoms in total. The lowest BCUT2D eigenvalue weighted by atomic mass is 9.78. The van der Waals surface area contributed by atoms with Crippen molar-refractivity contribution in [2.75, 3.05) is 26.3 Å². The highest BCUT2D eigenvalue weighted by Crippen LogP contribution is 2.61. The van der Waals surface area contributed by atoms with Crippen LogP contribution in [-0.2, 0) is 19.1 Å². The molecule has 4 aliphatic rings. The first-order chi connectivity index (χ1) is 16.9. The first-order valence-electron chi connectivity index (χ1n) is 13.3. The number of cyclic esters (lactones) is 1. The van der Waals surface area contributed by atoms with Crippen molar-refractivity contribution in [3.63, 3.8) is 0 Å². The van der Waals surface area contributed by atoms with Gasteiger partial charge in [-0.3, -0.25) is 14.4 Å². The van der Waals surface area contributed by atoms with Gasteiger partial charge in [-0.05, 0) is 51.4 Å². The molecule has 1 unspecified atom stereocenters. The number of hydrogen-bond donors (Lipinski definition) is 1. The Morgan fingerprint density at radius 1 is 1.08 bits per heavy atom.